The van der Waals surface area contributed by atoms with Gasteiger partial charge in [0.25, 0.3) is 0 Å². The molecule has 89 heavy (non-hydrogen) atoms. The van der Waals surface area contributed by atoms with Crippen molar-refractivity contribution in [1.82, 2.24) is 19.9 Å². The first kappa shape index (κ1) is 69.3. The summed E-state index contributed by atoms with van der Waals surface area (Å²) >= 11 is 7.40. The van der Waals surface area contributed by atoms with Crippen LogP contribution >= 0.6 is 24.4 Å². The smallest absolute Gasteiger partial charge is 0.753 e. The Morgan fingerprint density at radius 2 is 0.528 bits per heavy atom. The van der Waals surface area contributed by atoms with E-state index in [4.69, 9.17) is 20.8 Å². The summed E-state index contributed by atoms with van der Waals surface area (Å²) in [6.07, 6.45) is 15.9. The molecular formula is C78H78N8RuS2. The fraction of sp³-hybridized carbons (Fsp3) is 0.205. The van der Waals surface area contributed by atoms with Crippen molar-refractivity contribution in [3.63, 3.8) is 0 Å². The SMILES string of the molecule is CC(C)(C)c1ccc(N(c2ccc(/C=C/c3ccnc(-c4cc(/C=C/c5ccc(N(c6ccc(C(C)(C)C)cc6)c6ccc(C(C)(C)C)cc6)cc5)ccn4)c3)cc2)c2ccc(C(C)(C)C)cc2)cc1.[N-]=C=S.[N-]=C=S.[Ru+2].c1ccc(-c2ccccn2)nc1. The largest absolute Gasteiger partial charge is 2.00 e. The van der Waals surface area contributed by atoms with Crippen LogP contribution < -0.4 is 9.80 Å². The number of benzene rings is 6. The van der Waals surface area contributed by atoms with Gasteiger partial charge in [0.1, 0.15) is 0 Å². The standard InChI is InChI=1S/C66H70N4.C10H8N2.2CNS.Ru/c1-63(2,3)51-21-33-57(34-22-51)69(58-35-23-52(24-36-58)64(4,5)6)55-29-17-47(18-30-55)13-15-49-41-43-67-61(45-49)62-46-50(42-44-68-62)16-14-48-19-31-56(32-20-48)70(59-37-25-53(26-38-59)65(7,8)9)60-39-27-54(28-40-60)66(10,11)12;1-3-7-11-9(5-1)10-6-2-4-8-12-10;2*2-1-3;/h13-46H,1-12H3;1-8H;;;/q;;2*-1;+2/b15-13+,16-14+;;;;. The summed E-state index contributed by atoms with van der Waals surface area (Å²) in [5, 5.41) is 16.9. The zero-order valence-corrected chi connectivity index (χ0v) is 56.4. The van der Waals surface area contributed by atoms with E-state index in [1.807, 2.05) is 60.9 Å². The van der Waals surface area contributed by atoms with Crippen molar-refractivity contribution in [2.75, 3.05) is 9.80 Å². The maximum atomic E-state index is 7.13. The molecule has 0 aliphatic rings. The quantitative estimate of drug-likeness (QED) is 0.0677. The van der Waals surface area contributed by atoms with Gasteiger partial charge in [0.05, 0.1) is 22.8 Å². The molecule has 0 fully saturated rings. The first-order valence-electron chi connectivity index (χ1n) is 29.3. The minimum atomic E-state index is 0. The second kappa shape index (κ2) is 31.9. The van der Waals surface area contributed by atoms with E-state index in [1.54, 1.807) is 12.4 Å². The van der Waals surface area contributed by atoms with Gasteiger partial charge in [0, 0.05) is 58.9 Å². The fourth-order valence-corrected chi connectivity index (χ4v) is 9.60. The van der Waals surface area contributed by atoms with Crippen LogP contribution in [0.1, 0.15) is 128 Å². The van der Waals surface area contributed by atoms with Crippen molar-refractivity contribution < 1.29 is 19.5 Å². The number of nitrogens with zero attached hydrogens (tertiary/aromatic N) is 8. The molecule has 10 aromatic rings. The Balaban J connectivity index is 0.000000573. The van der Waals surface area contributed by atoms with E-state index < -0.39 is 0 Å². The van der Waals surface area contributed by atoms with Crippen LogP contribution in [0.3, 0.4) is 0 Å². The number of rotatable bonds is 12. The van der Waals surface area contributed by atoms with Crippen LogP contribution in [-0.4, -0.2) is 30.3 Å². The van der Waals surface area contributed by atoms with Gasteiger partial charge in [-0.3, -0.25) is 19.9 Å². The number of anilines is 6. The van der Waals surface area contributed by atoms with Gasteiger partial charge in [-0.2, -0.15) is 10.3 Å². The first-order chi connectivity index (χ1) is 42.0. The average Bonchev–Trinajstić information content (AvgIpc) is 3.68. The molecule has 4 aromatic heterocycles. The van der Waals surface area contributed by atoms with E-state index in [0.717, 1.165) is 79.2 Å². The third kappa shape index (κ3) is 20.1. The molecule has 0 aliphatic carbocycles. The molecule has 0 bridgehead atoms. The maximum absolute atomic E-state index is 7.13. The molecular weight excluding hydrogens is 1210 g/mol. The molecule has 0 aliphatic heterocycles. The minimum Gasteiger partial charge on any atom is -0.753 e. The van der Waals surface area contributed by atoms with Crippen LogP contribution in [0.15, 0.2) is 231 Å². The molecule has 6 aromatic carbocycles. The molecule has 4 heterocycles. The fourth-order valence-electron chi connectivity index (χ4n) is 9.60. The van der Waals surface area contributed by atoms with Crippen molar-refractivity contribution in [2.24, 2.45) is 0 Å². The molecule has 0 amide bonds. The molecule has 450 valence electrons. The first-order valence-corrected chi connectivity index (χ1v) is 30.2. The molecule has 0 saturated carbocycles. The Kier molecular flexibility index (Phi) is 24.9. The van der Waals surface area contributed by atoms with Crippen molar-refractivity contribution in [3.05, 3.63) is 286 Å². The molecule has 0 atom stereocenters. The predicted octanol–water partition coefficient (Wildman–Crippen LogP) is 22.1. The summed E-state index contributed by atoms with van der Waals surface area (Å²) in [5.41, 5.74) is 20.2. The third-order valence-electron chi connectivity index (χ3n) is 14.6. The number of thiocarbonyl (C=S) groups is 2. The monoisotopic (exact) mass is 1290 g/mol. The summed E-state index contributed by atoms with van der Waals surface area (Å²) in [5.74, 6) is 0. The van der Waals surface area contributed by atoms with Gasteiger partial charge in [0.15, 0.2) is 0 Å². The summed E-state index contributed by atoms with van der Waals surface area (Å²) in [6, 6.07) is 73.4. The third-order valence-corrected chi connectivity index (χ3v) is 14.6. The van der Waals surface area contributed by atoms with Crippen LogP contribution in [0.2, 0.25) is 0 Å². The minimum absolute atomic E-state index is 0. The van der Waals surface area contributed by atoms with Gasteiger partial charge >= 0.3 is 19.5 Å². The number of hydrogen-bond donors (Lipinski definition) is 0. The predicted molar refractivity (Wildman–Crippen MR) is 382 cm³/mol. The zero-order valence-electron chi connectivity index (χ0n) is 53.0. The Labute approximate surface area is 552 Å². The molecule has 0 spiro atoms. The number of hydrogen-bond acceptors (Lipinski definition) is 8. The van der Waals surface area contributed by atoms with E-state index in [2.05, 4.69) is 309 Å². The average molecular weight is 1290 g/mol. The van der Waals surface area contributed by atoms with Crippen LogP contribution in [0.5, 0.6) is 0 Å². The normalized spacial score (nSPS) is 11.3. The molecule has 0 saturated heterocycles. The summed E-state index contributed by atoms with van der Waals surface area (Å²) in [6.45, 7) is 27.1. The molecule has 10 rings (SSSR count). The Morgan fingerprint density at radius 3 is 0.753 bits per heavy atom. The summed E-state index contributed by atoms with van der Waals surface area (Å²) in [7, 11) is 0. The Bertz CT molecular complexity index is 3560. The van der Waals surface area contributed by atoms with Crippen molar-refractivity contribution in [2.45, 2.75) is 105 Å². The second-order valence-corrected chi connectivity index (χ2v) is 25.6. The van der Waals surface area contributed by atoms with E-state index in [9.17, 15) is 0 Å². The Hall–Kier alpha value is -8.78. The van der Waals surface area contributed by atoms with Gasteiger partial charge in [0.2, 0.25) is 0 Å². The van der Waals surface area contributed by atoms with Crippen molar-refractivity contribution in [3.8, 4) is 22.8 Å². The van der Waals surface area contributed by atoms with Gasteiger partial charge < -0.3 is 20.6 Å². The van der Waals surface area contributed by atoms with Crippen molar-refractivity contribution >= 4 is 93.2 Å². The van der Waals surface area contributed by atoms with E-state index >= 15 is 0 Å². The maximum Gasteiger partial charge on any atom is 2.00 e. The van der Waals surface area contributed by atoms with Gasteiger partial charge in [-0.05, 0) is 187 Å². The summed E-state index contributed by atoms with van der Waals surface area (Å²) < 4.78 is 0. The zero-order chi connectivity index (χ0) is 63.5. The molecule has 0 N–H and O–H groups in total. The second-order valence-electron chi connectivity index (χ2n) is 25.3. The van der Waals surface area contributed by atoms with Crippen LogP contribution in [0.4, 0.5) is 34.1 Å². The van der Waals surface area contributed by atoms with Crippen LogP contribution in [-0.2, 0) is 41.1 Å². The van der Waals surface area contributed by atoms with Gasteiger partial charge in [-0.1, -0.05) is 217 Å². The number of isothiocyanates is 2. The van der Waals surface area contributed by atoms with Gasteiger partial charge in [-0.15, -0.1) is 0 Å². The van der Waals surface area contributed by atoms with E-state index in [0.29, 0.717) is 0 Å². The van der Waals surface area contributed by atoms with Crippen molar-refractivity contribution in [1.29, 1.82) is 0 Å². The van der Waals surface area contributed by atoms with Crippen LogP contribution in [0.25, 0.3) is 57.9 Å². The molecule has 11 heteroatoms. The number of pyridine rings is 4. The molecule has 0 unspecified atom stereocenters. The van der Waals surface area contributed by atoms with Crippen LogP contribution in [0, 0.1) is 0 Å². The number of aromatic nitrogens is 4. The topological polar surface area (TPSA) is 103 Å². The molecule has 8 nitrogen and oxygen atoms in total. The van der Waals surface area contributed by atoms with Gasteiger partial charge in [-0.25, -0.2) is 0 Å². The Morgan fingerprint density at radius 1 is 0.303 bits per heavy atom. The molecule has 0 radical (unpaired) electrons. The van der Waals surface area contributed by atoms with E-state index in [1.165, 1.54) is 32.6 Å². The summed E-state index contributed by atoms with van der Waals surface area (Å²) in [4.78, 5) is 22.5. The van der Waals surface area contributed by atoms with E-state index in [-0.39, 0.29) is 41.1 Å².